The van der Waals surface area contributed by atoms with Crippen LogP contribution >= 0.6 is 0 Å². The molecule has 0 aliphatic carbocycles. The molecule has 0 rings (SSSR count). The molecule has 0 aromatic carbocycles. The number of hydrogen-bond donors (Lipinski definition) is 2. The summed E-state index contributed by atoms with van der Waals surface area (Å²) in [5.41, 5.74) is 0. The van der Waals surface area contributed by atoms with Gasteiger partial charge in [-0.15, -0.1) is 0 Å². The molecule has 22 heavy (non-hydrogen) atoms. The number of hydrogen-bond acceptors (Lipinski definition) is 3. The number of rotatable bonds is 15. The fourth-order valence-electron chi connectivity index (χ4n) is 2.05. The third kappa shape index (κ3) is 15.3. The van der Waals surface area contributed by atoms with Gasteiger partial charge in [-0.3, -0.25) is 9.59 Å². The fourth-order valence-corrected chi connectivity index (χ4v) is 2.05. The molecule has 0 spiro atoms. The Morgan fingerprint density at radius 3 is 2.18 bits per heavy atom. The molecule has 2 N–H and O–H groups in total. The molecule has 5 nitrogen and oxygen atoms in total. The number of carbonyl (C=O) groups excluding carboxylic acids is 2. The van der Waals surface area contributed by atoms with Gasteiger partial charge in [0.15, 0.2) is 0 Å². The third-order valence-corrected chi connectivity index (χ3v) is 3.35. The van der Waals surface area contributed by atoms with E-state index in [0.717, 1.165) is 25.9 Å². The quantitative estimate of drug-likeness (QED) is 0.457. The first kappa shape index (κ1) is 20.9. The lowest BCUT2D eigenvalue weighted by atomic mass is 10.1. The van der Waals surface area contributed by atoms with Gasteiger partial charge in [-0.25, -0.2) is 0 Å². The van der Waals surface area contributed by atoms with Crippen LogP contribution in [0.1, 0.15) is 71.6 Å². The van der Waals surface area contributed by atoms with Gasteiger partial charge in [-0.2, -0.15) is 0 Å². The lowest BCUT2D eigenvalue weighted by Gasteiger charge is -2.07. The Balaban J connectivity index is 3.22. The van der Waals surface area contributed by atoms with E-state index in [0.29, 0.717) is 19.6 Å². The molecular weight excluding hydrogens is 280 g/mol. The van der Waals surface area contributed by atoms with Crippen molar-refractivity contribution in [1.29, 1.82) is 0 Å². The van der Waals surface area contributed by atoms with Gasteiger partial charge in [0.2, 0.25) is 11.8 Å². The Bertz CT molecular complexity index is 283. The van der Waals surface area contributed by atoms with Crippen LogP contribution < -0.4 is 10.6 Å². The molecule has 0 radical (unpaired) electrons. The lowest BCUT2D eigenvalue weighted by molar-refractivity contribution is -0.126. The summed E-state index contributed by atoms with van der Waals surface area (Å²) in [6.07, 6.45) is 9.69. The lowest BCUT2D eigenvalue weighted by Crippen LogP contribution is -2.37. The van der Waals surface area contributed by atoms with E-state index in [1.165, 1.54) is 32.1 Å². The van der Waals surface area contributed by atoms with Crippen molar-refractivity contribution in [3.05, 3.63) is 0 Å². The van der Waals surface area contributed by atoms with Gasteiger partial charge >= 0.3 is 0 Å². The molecular formula is C17H34N2O3. The van der Waals surface area contributed by atoms with Crippen molar-refractivity contribution < 1.29 is 14.3 Å². The van der Waals surface area contributed by atoms with Crippen LogP contribution in [0, 0.1) is 0 Å². The average Bonchev–Trinajstić information content (AvgIpc) is 2.51. The molecule has 0 heterocycles. The van der Waals surface area contributed by atoms with Gasteiger partial charge in [-0.1, -0.05) is 46.0 Å². The SMILES string of the molecule is CCCCCCCCOCCCNC(=O)CNC(=O)CCC. The summed E-state index contributed by atoms with van der Waals surface area (Å²) in [7, 11) is 0. The molecule has 5 heteroatoms. The number of ether oxygens (including phenoxy) is 1. The molecule has 0 unspecified atom stereocenters. The summed E-state index contributed by atoms with van der Waals surface area (Å²) in [6, 6.07) is 0. The fraction of sp³-hybridized carbons (Fsp3) is 0.882. The van der Waals surface area contributed by atoms with E-state index >= 15 is 0 Å². The summed E-state index contributed by atoms with van der Waals surface area (Å²) < 4.78 is 5.53. The van der Waals surface area contributed by atoms with Gasteiger partial charge in [0.25, 0.3) is 0 Å². The van der Waals surface area contributed by atoms with Crippen molar-refractivity contribution in [3.63, 3.8) is 0 Å². The molecule has 0 aliphatic rings. The van der Waals surface area contributed by atoms with Gasteiger partial charge in [0.05, 0.1) is 6.54 Å². The standard InChI is InChI=1S/C17H34N2O3/c1-3-5-6-7-8-9-13-22-14-10-12-18-17(21)15-19-16(20)11-4-2/h3-15H2,1-2H3,(H,18,21)(H,19,20). The predicted molar refractivity (Wildman–Crippen MR) is 89.7 cm³/mol. The van der Waals surface area contributed by atoms with Crippen LogP contribution in [-0.2, 0) is 14.3 Å². The first-order valence-electron chi connectivity index (χ1n) is 8.81. The minimum Gasteiger partial charge on any atom is -0.381 e. The minimum absolute atomic E-state index is 0.0669. The zero-order valence-corrected chi connectivity index (χ0v) is 14.4. The third-order valence-electron chi connectivity index (χ3n) is 3.35. The molecule has 0 fully saturated rings. The largest absolute Gasteiger partial charge is 0.381 e. The second kappa shape index (κ2) is 16.3. The summed E-state index contributed by atoms with van der Waals surface area (Å²) in [5.74, 6) is -0.208. The van der Waals surface area contributed by atoms with Crippen LogP contribution in [0.15, 0.2) is 0 Å². The van der Waals surface area contributed by atoms with Gasteiger partial charge in [0.1, 0.15) is 0 Å². The Morgan fingerprint density at radius 2 is 1.45 bits per heavy atom. The van der Waals surface area contributed by atoms with Gasteiger partial charge in [0, 0.05) is 26.2 Å². The van der Waals surface area contributed by atoms with Crippen molar-refractivity contribution in [3.8, 4) is 0 Å². The molecule has 2 amide bonds. The predicted octanol–water partition coefficient (Wildman–Crippen LogP) is 2.79. The minimum atomic E-state index is -0.139. The van der Waals surface area contributed by atoms with E-state index in [2.05, 4.69) is 17.6 Å². The van der Waals surface area contributed by atoms with E-state index in [1.807, 2.05) is 6.92 Å². The summed E-state index contributed by atoms with van der Waals surface area (Å²) in [6.45, 7) is 6.31. The Labute approximate surface area is 135 Å². The van der Waals surface area contributed by atoms with E-state index in [-0.39, 0.29) is 18.4 Å². The average molecular weight is 314 g/mol. The monoisotopic (exact) mass is 314 g/mol. The van der Waals surface area contributed by atoms with Crippen molar-refractivity contribution in [2.24, 2.45) is 0 Å². The van der Waals surface area contributed by atoms with Crippen LogP contribution in [0.25, 0.3) is 0 Å². The summed E-state index contributed by atoms with van der Waals surface area (Å²) >= 11 is 0. The summed E-state index contributed by atoms with van der Waals surface area (Å²) in [4.78, 5) is 22.6. The Hall–Kier alpha value is -1.10. The van der Waals surface area contributed by atoms with Crippen LogP contribution in [0.4, 0.5) is 0 Å². The number of amides is 2. The second-order valence-corrected chi connectivity index (χ2v) is 5.61. The highest BCUT2D eigenvalue weighted by molar-refractivity contribution is 5.84. The molecule has 0 saturated heterocycles. The molecule has 130 valence electrons. The van der Waals surface area contributed by atoms with E-state index < -0.39 is 0 Å². The number of carbonyl (C=O) groups is 2. The highest BCUT2D eigenvalue weighted by Crippen LogP contribution is 2.04. The normalized spacial score (nSPS) is 10.5. The van der Waals surface area contributed by atoms with Gasteiger partial charge < -0.3 is 15.4 Å². The zero-order chi connectivity index (χ0) is 16.5. The van der Waals surface area contributed by atoms with Crippen LogP contribution in [0.2, 0.25) is 0 Å². The summed E-state index contributed by atoms with van der Waals surface area (Å²) in [5, 5.41) is 5.36. The number of nitrogens with one attached hydrogen (secondary N) is 2. The van der Waals surface area contributed by atoms with Gasteiger partial charge in [-0.05, 0) is 19.3 Å². The smallest absolute Gasteiger partial charge is 0.239 e. The first-order valence-corrected chi connectivity index (χ1v) is 8.81. The molecule has 0 aromatic heterocycles. The van der Waals surface area contributed by atoms with Crippen LogP contribution in [-0.4, -0.2) is 38.1 Å². The maximum absolute atomic E-state index is 11.4. The van der Waals surface area contributed by atoms with Crippen molar-refractivity contribution in [1.82, 2.24) is 10.6 Å². The topological polar surface area (TPSA) is 67.4 Å². The van der Waals surface area contributed by atoms with Crippen molar-refractivity contribution in [2.75, 3.05) is 26.3 Å². The van der Waals surface area contributed by atoms with Crippen LogP contribution in [0.5, 0.6) is 0 Å². The first-order chi connectivity index (χ1) is 10.7. The second-order valence-electron chi connectivity index (χ2n) is 5.61. The number of unbranched alkanes of at least 4 members (excludes halogenated alkanes) is 5. The van der Waals surface area contributed by atoms with E-state index in [4.69, 9.17) is 4.74 Å². The van der Waals surface area contributed by atoms with Crippen molar-refractivity contribution in [2.45, 2.75) is 71.6 Å². The molecule has 0 saturated carbocycles. The maximum Gasteiger partial charge on any atom is 0.239 e. The molecule has 0 bridgehead atoms. The van der Waals surface area contributed by atoms with Crippen LogP contribution in [0.3, 0.4) is 0 Å². The van der Waals surface area contributed by atoms with Crippen molar-refractivity contribution >= 4 is 11.8 Å². The Kier molecular flexibility index (Phi) is 15.5. The highest BCUT2D eigenvalue weighted by Gasteiger charge is 2.03. The zero-order valence-electron chi connectivity index (χ0n) is 14.4. The highest BCUT2D eigenvalue weighted by atomic mass is 16.5. The molecule has 0 aromatic rings. The Morgan fingerprint density at radius 1 is 0.773 bits per heavy atom. The molecule has 0 aliphatic heterocycles. The van der Waals surface area contributed by atoms with E-state index in [9.17, 15) is 9.59 Å². The molecule has 0 atom stereocenters. The van der Waals surface area contributed by atoms with E-state index in [1.54, 1.807) is 0 Å². The maximum atomic E-state index is 11.4.